The van der Waals surface area contributed by atoms with Gasteiger partial charge in [-0.3, -0.25) is 4.79 Å². The summed E-state index contributed by atoms with van der Waals surface area (Å²) in [6.07, 6.45) is 10.4. The topological polar surface area (TPSA) is 75.0 Å². The zero-order valence-electron chi connectivity index (χ0n) is 15.3. The summed E-state index contributed by atoms with van der Waals surface area (Å²) in [4.78, 5) is 26.6. The van der Waals surface area contributed by atoms with Gasteiger partial charge in [-0.2, -0.15) is 0 Å². The van der Waals surface area contributed by atoms with Gasteiger partial charge in [-0.05, 0) is 25.7 Å². The highest BCUT2D eigenvalue weighted by molar-refractivity contribution is 5.76. The quantitative estimate of drug-likeness (QED) is 0.713. The van der Waals surface area contributed by atoms with Crippen molar-refractivity contribution < 1.29 is 9.21 Å². The van der Waals surface area contributed by atoms with E-state index in [1.807, 2.05) is 41.4 Å². The van der Waals surface area contributed by atoms with Crippen LogP contribution in [-0.2, 0) is 11.2 Å². The maximum absolute atomic E-state index is 12.8. The molecule has 1 saturated heterocycles. The number of hydrogen-bond donors (Lipinski definition) is 1. The first kappa shape index (κ1) is 17.5. The summed E-state index contributed by atoms with van der Waals surface area (Å²) in [5.74, 6) is 2.53. The number of hydrogen-bond acceptors (Lipinski definition) is 4. The van der Waals surface area contributed by atoms with Gasteiger partial charge in [0.05, 0.1) is 12.2 Å². The molecule has 27 heavy (non-hydrogen) atoms. The molecule has 6 heteroatoms. The number of aromatic nitrogens is 3. The molecule has 4 rings (SSSR count). The Morgan fingerprint density at radius 3 is 2.93 bits per heavy atom. The Bertz CT molecular complexity index is 857. The van der Waals surface area contributed by atoms with Gasteiger partial charge in [-0.1, -0.05) is 30.3 Å². The normalized spacial score (nSPS) is 17.2. The monoisotopic (exact) mass is 364 g/mol. The molecule has 0 spiro atoms. The van der Waals surface area contributed by atoms with E-state index < -0.39 is 0 Å². The average molecular weight is 364 g/mol. The van der Waals surface area contributed by atoms with Crippen LogP contribution < -0.4 is 0 Å². The molecule has 6 nitrogen and oxygen atoms in total. The lowest BCUT2D eigenvalue weighted by Crippen LogP contribution is -2.38. The summed E-state index contributed by atoms with van der Waals surface area (Å²) in [6, 6.07) is 10.0. The number of aryl methyl sites for hydroxylation is 1. The maximum Gasteiger partial charge on any atom is 0.223 e. The molecule has 1 fully saturated rings. The Morgan fingerprint density at radius 1 is 1.22 bits per heavy atom. The number of H-pyrrole nitrogens is 1. The number of nitrogens with zero attached hydrogens (tertiary/aromatic N) is 3. The summed E-state index contributed by atoms with van der Waals surface area (Å²) in [5.41, 5.74) is 1.02. The summed E-state index contributed by atoms with van der Waals surface area (Å²) >= 11 is 0. The molecule has 1 N–H and O–H groups in total. The SMILES string of the molecule is O=C(CCCc1ncc(-c2ccccc2)o1)N1CCCCC1c1ncc[nH]1. The highest BCUT2D eigenvalue weighted by Crippen LogP contribution is 2.29. The first-order chi connectivity index (χ1) is 13.3. The van der Waals surface area contributed by atoms with E-state index in [1.165, 1.54) is 0 Å². The van der Waals surface area contributed by atoms with Crippen molar-refractivity contribution in [1.29, 1.82) is 0 Å². The van der Waals surface area contributed by atoms with Crippen LogP contribution >= 0.6 is 0 Å². The summed E-state index contributed by atoms with van der Waals surface area (Å²) in [6.45, 7) is 0.807. The second-order valence-electron chi connectivity index (χ2n) is 6.91. The molecule has 1 aliphatic heterocycles. The van der Waals surface area contributed by atoms with Crippen molar-refractivity contribution in [1.82, 2.24) is 19.9 Å². The standard InChI is InChI=1S/C21H24N4O2/c26-20(25-14-5-4-9-17(25)21-22-12-13-23-21)11-6-10-19-24-15-18(27-19)16-7-2-1-3-8-16/h1-3,7-8,12-13,15,17H,4-6,9-11,14H2,(H,22,23). The number of imidazole rings is 1. The molecule has 3 aromatic rings. The molecule has 0 aliphatic carbocycles. The molecule has 2 aromatic heterocycles. The molecule has 3 heterocycles. The van der Waals surface area contributed by atoms with Crippen molar-refractivity contribution in [2.24, 2.45) is 0 Å². The van der Waals surface area contributed by atoms with E-state index in [4.69, 9.17) is 4.42 Å². The Balaban J connectivity index is 1.32. The van der Waals surface area contributed by atoms with E-state index in [0.29, 0.717) is 18.7 Å². The zero-order chi connectivity index (χ0) is 18.5. The Kier molecular flexibility index (Phi) is 5.32. The second kappa shape index (κ2) is 8.20. The number of carbonyl (C=O) groups is 1. The summed E-state index contributed by atoms with van der Waals surface area (Å²) < 4.78 is 5.83. The number of likely N-dealkylation sites (tertiary alicyclic amines) is 1. The fraction of sp³-hybridized carbons (Fsp3) is 0.381. The van der Waals surface area contributed by atoms with E-state index >= 15 is 0 Å². The predicted octanol–water partition coefficient (Wildman–Crippen LogP) is 4.14. The third-order valence-corrected chi connectivity index (χ3v) is 5.05. The van der Waals surface area contributed by atoms with Gasteiger partial charge in [0.1, 0.15) is 5.82 Å². The number of amides is 1. The van der Waals surface area contributed by atoms with Crippen LogP contribution in [0.3, 0.4) is 0 Å². The van der Waals surface area contributed by atoms with E-state index in [2.05, 4.69) is 15.0 Å². The van der Waals surface area contributed by atoms with Crippen LogP contribution in [0.5, 0.6) is 0 Å². The van der Waals surface area contributed by atoms with E-state index in [1.54, 1.807) is 12.4 Å². The van der Waals surface area contributed by atoms with Crippen LogP contribution in [0.2, 0.25) is 0 Å². The van der Waals surface area contributed by atoms with Gasteiger partial charge in [0.2, 0.25) is 5.91 Å². The first-order valence-electron chi connectivity index (χ1n) is 9.60. The zero-order valence-corrected chi connectivity index (χ0v) is 15.3. The van der Waals surface area contributed by atoms with Crippen molar-refractivity contribution in [3.63, 3.8) is 0 Å². The maximum atomic E-state index is 12.8. The molecule has 1 atom stereocenters. The molecule has 1 aliphatic rings. The average Bonchev–Trinajstić information content (AvgIpc) is 3.41. The third-order valence-electron chi connectivity index (χ3n) is 5.05. The molecular weight excluding hydrogens is 340 g/mol. The number of nitrogens with one attached hydrogen (secondary N) is 1. The molecule has 1 amide bonds. The number of oxazole rings is 1. The fourth-order valence-corrected chi connectivity index (χ4v) is 3.67. The third kappa shape index (κ3) is 4.10. The van der Waals surface area contributed by atoms with Crippen LogP contribution in [0.25, 0.3) is 11.3 Å². The van der Waals surface area contributed by atoms with Gasteiger partial charge in [0.25, 0.3) is 0 Å². The largest absolute Gasteiger partial charge is 0.441 e. The van der Waals surface area contributed by atoms with Crippen molar-refractivity contribution >= 4 is 5.91 Å². The van der Waals surface area contributed by atoms with Crippen molar-refractivity contribution in [3.8, 4) is 11.3 Å². The van der Waals surface area contributed by atoms with Gasteiger partial charge < -0.3 is 14.3 Å². The van der Waals surface area contributed by atoms with Crippen molar-refractivity contribution in [2.45, 2.75) is 44.6 Å². The fourth-order valence-electron chi connectivity index (χ4n) is 3.67. The van der Waals surface area contributed by atoms with Gasteiger partial charge in [0.15, 0.2) is 11.7 Å². The molecule has 0 bridgehead atoms. The number of rotatable bonds is 6. The number of carbonyl (C=O) groups excluding carboxylic acids is 1. The van der Waals surface area contributed by atoms with Crippen molar-refractivity contribution in [3.05, 3.63) is 60.6 Å². The van der Waals surface area contributed by atoms with Gasteiger partial charge in [-0.15, -0.1) is 0 Å². The predicted molar refractivity (Wildman–Crippen MR) is 102 cm³/mol. The van der Waals surface area contributed by atoms with Crippen molar-refractivity contribution in [2.75, 3.05) is 6.54 Å². The molecule has 140 valence electrons. The highest BCUT2D eigenvalue weighted by atomic mass is 16.4. The lowest BCUT2D eigenvalue weighted by molar-refractivity contribution is -0.135. The summed E-state index contributed by atoms with van der Waals surface area (Å²) in [5, 5.41) is 0. The minimum atomic E-state index is 0.0765. The first-order valence-corrected chi connectivity index (χ1v) is 9.60. The Morgan fingerprint density at radius 2 is 2.11 bits per heavy atom. The minimum Gasteiger partial charge on any atom is -0.441 e. The molecule has 1 unspecified atom stereocenters. The van der Waals surface area contributed by atoms with E-state index in [0.717, 1.165) is 49.4 Å². The van der Waals surface area contributed by atoms with Crippen LogP contribution in [0.15, 0.2) is 53.3 Å². The number of benzene rings is 1. The second-order valence-corrected chi connectivity index (χ2v) is 6.91. The highest BCUT2D eigenvalue weighted by Gasteiger charge is 2.29. The van der Waals surface area contributed by atoms with Crippen LogP contribution in [-0.4, -0.2) is 32.3 Å². The van der Waals surface area contributed by atoms with Gasteiger partial charge in [0, 0.05) is 37.3 Å². The molecular formula is C21H24N4O2. The van der Waals surface area contributed by atoms with E-state index in [9.17, 15) is 4.79 Å². The Hall–Kier alpha value is -2.89. The Labute approximate surface area is 158 Å². The smallest absolute Gasteiger partial charge is 0.223 e. The van der Waals surface area contributed by atoms with E-state index in [-0.39, 0.29) is 11.9 Å². The van der Waals surface area contributed by atoms with Crippen LogP contribution in [0.4, 0.5) is 0 Å². The lowest BCUT2D eigenvalue weighted by atomic mass is 10.0. The molecule has 1 aromatic carbocycles. The van der Waals surface area contributed by atoms with Crippen LogP contribution in [0.1, 0.15) is 49.9 Å². The number of piperidine rings is 1. The lowest BCUT2D eigenvalue weighted by Gasteiger charge is -2.34. The summed E-state index contributed by atoms with van der Waals surface area (Å²) in [7, 11) is 0. The molecule has 0 radical (unpaired) electrons. The molecule has 0 saturated carbocycles. The van der Waals surface area contributed by atoms with Gasteiger partial charge in [-0.25, -0.2) is 9.97 Å². The minimum absolute atomic E-state index is 0.0765. The van der Waals surface area contributed by atoms with Crippen LogP contribution in [0, 0.1) is 0 Å². The number of aromatic amines is 1. The van der Waals surface area contributed by atoms with Gasteiger partial charge >= 0.3 is 0 Å².